The molecule has 0 fully saturated rings. The topological polar surface area (TPSA) is 54.4 Å². The number of carbonyl (C=O) groups is 1. The van der Waals surface area contributed by atoms with Gasteiger partial charge in [0, 0.05) is 10.9 Å². The maximum atomic E-state index is 11.9. The lowest BCUT2D eigenvalue weighted by molar-refractivity contribution is -0.110. The number of carbonyl (C=O) groups excluding carboxylic acids is 1. The molecule has 0 spiro atoms. The third kappa shape index (κ3) is 2.67. The van der Waals surface area contributed by atoms with Crippen molar-refractivity contribution in [2.75, 3.05) is 11.9 Å². The molecular formula is C15H13N3OS. The van der Waals surface area contributed by atoms with Gasteiger partial charge in [0.05, 0.1) is 12.2 Å². The van der Waals surface area contributed by atoms with Gasteiger partial charge >= 0.3 is 0 Å². The van der Waals surface area contributed by atoms with Crippen LogP contribution in [0.15, 0.2) is 46.8 Å². The van der Waals surface area contributed by atoms with Crippen molar-refractivity contribution in [3.63, 3.8) is 0 Å². The zero-order valence-electron chi connectivity index (χ0n) is 11.0. The van der Waals surface area contributed by atoms with E-state index < -0.39 is 0 Å². The number of amides is 1. The lowest BCUT2D eigenvalue weighted by atomic mass is 10.1. The molecule has 1 aromatic carbocycles. The van der Waals surface area contributed by atoms with Gasteiger partial charge in [0.15, 0.2) is 5.13 Å². The van der Waals surface area contributed by atoms with Gasteiger partial charge in [-0.15, -0.1) is 11.3 Å². The van der Waals surface area contributed by atoms with Crippen LogP contribution < -0.4 is 5.32 Å². The fraction of sp³-hybridized carbons (Fsp3) is 0.133. The number of nitrogens with zero attached hydrogens (tertiary/aromatic N) is 2. The van der Waals surface area contributed by atoms with E-state index in [1.807, 2.05) is 42.6 Å². The summed E-state index contributed by atoms with van der Waals surface area (Å²) >= 11 is 1.41. The van der Waals surface area contributed by atoms with Crippen molar-refractivity contribution in [3.05, 3.63) is 47.4 Å². The zero-order valence-corrected chi connectivity index (χ0v) is 11.8. The summed E-state index contributed by atoms with van der Waals surface area (Å²) < 4.78 is 0. The van der Waals surface area contributed by atoms with Gasteiger partial charge < -0.3 is 0 Å². The maximum Gasteiger partial charge on any atom is 0.275 e. The number of nitrogens with one attached hydrogen (secondary N) is 1. The van der Waals surface area contributed by atoms with Crippen molar-refractivity contribution in [3.8, 4) is 11.3 Å². The highest BCUT2D eigenvalue weighted by Crippen LogP contribution is 2.25. The van der Waals surface area contributed by atoms with Crippen molar-refractivity contribution in [2.24, 2.45) is 4.99 Å². The first-order valence-corrected chi connectivity index (χ1v) is 7.15. The third-order valence-corrected chi connectivity index (χ3v) is 3.71. The SMILES string of the molecule is Cc1ccc(-c2csc(NC(=O)C3=NCC=C3)n2)cc1. The minimum atomic E-state index is -0.205. The Bertz CT molecular complexity index is 698. The van der Waals surface area contributed by atoms with Crippen LogP contribution >= 0.6 is 11.3 Å². The molecule has 4 nitrogen and oxygen atoms in total. The quantitative estimate of drug-likeness (QED) is 0.941. The molecule has 5 heteroatoms. The Morgan fingerprint density at radius 1 is 1.30 bits per heavy atom. The number of aromatic nitrogens is 1. The summed E-state index contributed by atoms with van der Waals surface area (Å²) in [6.07, 6.45) is 3.58. The number of rotatable bonds is 3. The van der Waals surface area contributed by atoms with Gasteiger partial charge in [0.1, 0.15) is 5.71 Å². The van der Waals surface area contributed by atoms with E-state index in [0.717, 1.165) is 11.3 Å². The molecule has 2 aromatic rings. The van der Waals surface area contributed by atoms with Crippen LogP contribution in [0.1, 0.15) is 5.56 Å². The number of aliphatic imine (C=N–C) groups is 1. The largest absolute Gasteiger partial charge is 0.296 e. The highest BCUT2D eigenvalue weighted by molar-refractivity contribution is 7.14. The predicted octanol–water partition coefficient (Wildman–Crippen LogP) is 3.07. The summed E-state index contributed by atoms with van der Waals surface area (Å²) in [7, 11) is 0. The summed E-state index contributed by atoms with van der Waals surface area (Å²) in [6, 6.07) is 8.15. The fourth-order valence-corrected chi connectivity index (χ4v) is 2.58. The average molecular weight is 283 g/mol. The molecule has 0 saturated heterocycles. The van der Waals surface area contributed by atoms with Crippen molar-refractivity contribution in [2.45, 2.75) is 6.92 Å². The lowest BCUT2D eigenvalue weighted by Crippen LogP contribution is -2.20. The van der Waals surface area contributed by atoms with E-state index in [2.05, 4.69) is 15.3 Å². The number of hydrogen-bond acceptors (Lipinski definition) is 4. The second-order valence-corrected chi connectivity index (χ2v) is 5.34. The lowest BCUT2D eigenvalue weighted by Gasteiger charge is -1.99. The second-order valence-electron chi connectivity index (χ2n) is 4.49. The van der Waals surface area contributed by atoms with Crippen LogP contribution in [0, 0.1) is 6.92 Å². The molecule has 0 radical (unpaired) electrons. The van der Waals surface area contributed by atoms with Gasteiger partial charge in [-0.2, -0.15) is 0 Å². The summed E-state index contributed by atoms with van der Waals surface area (Å²) in [5.41, 5.74) is 3.58. The first kappa shape index (κ1) is 12.7. The summed E-state index contributed by atoms with van der Waals surface area (Å²) in [5.74, 6) is -0.205. The summed E-state index contributed by atoms with van der Waals surface area (Å²) in [6.45, 7) is 2.63. The van der Waals surface area contributed by atoms with Gasteiger partial charge in [0.2, 0.25) is 0 Å². The molecule has 1 amide bonds. The van der Waals surface area contributed by atoms with Gasteiger partial charge in [0.25, 0.3) is 5.91 Å². The van der Waals surface area contributed by atoms with E-state index in [-0.39, 0.29) is 5.91 Å². The Morgan fingerprint density at radius 3 is 2.80 bits per heavy atom. The third-order valence-electron chi connectivity index (χ3n) is 2.95. The Hall–Kier alpha value is -2.27. The van der Waals surface area contributed by atoms with Crippen LogP contribution in [-0.2, 0) is 4.79 Å². The van der Waals surface area contributed by atoms with E-state index in [0.29, 0.717) is 17.4 Å². The minimum Gasteiger partial charge on any atom is -0.296 e. The molecule has 20 heavy (non-hydrogen) atoms. The summed E-state index contributed by atoms with van der Waals surface area (Å²) in [5, 5.41) is 5.30. The molecule has 0 unspecified atom stereocenters. The van der Waals surface area contributed by atoms with Crippen molar-refractivity contribution >= 4 is 28.1 Å². The number of thiazole rings is 1. The van der Waals surface area contributed by atoms with E-state index in [4.69, 9.17) is 0 Å². The number of hydrogen-bond donors (Lipinski definition) is 1. The van der Waals surface area contributed by atoms with Crippen LogP contribution in [0.2, 0.25) is 0 Å². The van der Waals surface area contributed by atoms with Gasteiger partial charge in [-0.1, -0.05) is 35.9 Å². The van der Waals surface area contributed by atoms with E-state index in [1.165, 1.54) is 16.9 Å². The van der Waals surface area contributed by atoms with Crippen LogP contribution in [0.5, 0.6) is 0 Å². The van der Waals surface area contributed by atoms with Gasteiger partial charge in [-0.3, -0.25) is 15.1 Å². The average Bonchev–Trinajstić information content (AvgIpc) is 3.10. The molecule has 1 aliphatic heterocycles. The predicted molar refractivity (Wildman–Crippen MR) is 82.4 cm³/mol. The van der Waals surface area contributed by atoms with Crippen LogP contribution in [0.4, 0.5) is 5.13 Å². The molecule has 1 N–H and O–H groups in total. The van der Waals surface area contributed by atoms with Crippen molar-refractivity contribution in [1.82, 2.24) is 4.98 Å². The molecule has 0 aliphatic carbocycles. The molecule has 0 bridgehead atoms. The molecule has 3 rings (SSSR count). The highest BCUT2D eigenvalue weighted by Gasteiger charge is 2.13. The number of benzene rings is 1. The van der Waals surface area contributed by atoms with Crippen LogP contribution in [0.3, 0.4) is 0 Å². The number of aryl methyl sites for hydroxylation is 1. The molecule has 0 saturated carbocycles. The maximum absolute atomic E-state index is 11.9. The van der Waals surface area contributed by atoms with Crippen LogP contribution in [-0.4, -0.2) is 23.1 Å². The monoisotopic (exact) mass is 283 g/mol. The Kier molecular flexibility index (Phi) is 3.43. The Labute approximate surface area is 120 Å². The van der Waals surface area contributed by atoms with E-state index in [1.54, 1.807) is 6.08 Å². The van der Waals surface area contributed by atoms with Crippen LogP contribution in [0.25, 0.3) is 11.3 Å². The molecular weight excluding hydrogens is 270 g/mol. The molecule has 2 heterocycles. The van der Waals surface area contributed by atoms with E-state index >= 15 is 0 Å². The minimum absolute atomic E-state index is 0.205. The smallest absolute Gasteiger partial charge is 0.275 e. The molecule has 1 aliphatic rings. The normalized spacial score (nSPS) is 13.3. The Morgan fingerprint density at radius 2 is 2.10 bits per heavy atom. The Balaban J connectivity index is 1.75. The fourth-order valence-electron chi connectivity index (χ4n) is 1.86. The molecule has 1 aromatic heterocycles. The van der Waals surface area contributed by atoms with Gasteiger partial charge in [-0.25, -0.2) is 4.98 Å². The first-order valence-electron chi connectivity index (χ1n) is 6.27. The highest BCUT2D eigenvalue weighted by atomic mass is 32.1. The second kappa shape index (κ2) is 5.38. The molecule has 0 atom stereocenters. The summed E-state index contributed by atoms with van der Waals surface area (Å²) in [4.78, 5) is 20.4. The van der Waals surface area contributed by atoms with E-state index in [9.17, 15) is 4.79 Å². The van der Waals surface area contributed by atoms with Gasteiger partial charge in [-0.05, 0) is 13.0 Å². The standard InChI is InChI=1S/C15H13N3OS/c1-10-4-6-11(7-5-10)13-9-20-15(17-13)18-14(19)12-3-2-8-16-12/h2-7,9H,8H2,1H3,(H,17,18,19). The zero-order chi connectivity index (χ0) is 13.9. The van der Waals surface area contributed by atoms with Crippen molar-refractivity contribution < 1.29 is 4.79 Å². The number of anilines is 1. The first-order chi connectivity index (χ1) is 9.72. The van der Waals surface area contributed by atoms with Crippen molar-refractivity contribution in [1.29, 1.82) is 0 Å². The molecule has 100 valence electrons.